The number of hydrogen-bond acceptors (Lipinski definition) is 5. The van der Waals surface area contributed by atoms with Gasteiger partial charge in [-0.15, -0.1) is 0 Å². The van der Waals surface area contributed by atoms with Crippen molar-refractivity contribution in [2.45, 2.75) is 32.4 Å². The molecule has 1 amide bonds. The van der Waals surface area contributed by atoms with Crippen molar-refractivity contribution >= 4 is 21.6 Å². The predicted molar refractivity (Wildman–Crippen MR) is 111 cm³/mol. The average Bonchev–Trinajstić information content (AvgIpc) is 3.12. The lowest BCUT2D eigenvalue weighted by Crippen LogP contribution is -2.28. The number of anilines is 1. The van der Waals surface area contributed by atoms with Crippen molar-refractivity contribution in [3.63, 3.8) is 0 Å². The van der Waals surface area contributed by atoms with Gasteiger partial charge in [0.1, 0.15) is 0 Å². The van der Waals surface area contributed by atoms with Crippen LogP contribution in [0.25, 0.3) is 0 Å². The lowest BCUT2D eigenvalue weighted by Gasteiger charge is -2.10. The first-order valence-corrected chi connectivity index (χ1v) is 11.2. The Morgan fingerprint density at radius 3 is 2.66 bits per heavy atom. The first kappa shape index (κ1) is 21.1. The maximum atomic E-state index is 12.3. The summed E-state index contributed by atoms with van der Waals surface area (Å²) in [5.41, 5.74) is 2.19. The van der Waals surface area contributed by atoms with Crippen molar-refractivity contribution in [1.82, 2.24) is 4.72 Å². The van der Waals surface area contributed by atoms with Crippen molar-refractivity contribution in [2.24, 2.45) is 5.92 Å². The summed E-state index contributed by atoms with van der Waals surface area (Å²) in [7, 11) is -3.41. The van der Waals surface area contributed by atoms with E-state index in [-0.39, 0.29) is 24.4 Å². The molecule has 29 heavy (non-hydrogen) atoms. The predicted octanol–water partition coefficient (Wildman–Crippen LogP) is 3.06. The molecule has 0 spiro atoms. The normalized spacial score (nSPS) is 12.9. The molecule has 1 aliphatic heterocycles. The molecule has 0 atom stereocenters. The van der Waals surface area contributed by atoms with Crippen LogP contribution in [0.15, 0.2) is 42.5 Å². The lowest BCUT2D eigenvalue weighted by atomic mass is 10.1. The summed E-state index contributed by atoms with van der Waals surface area (Å²) < 4.78 is 37.5. The fraction of sp³-hybridized carbons (Fsp3) is 0.381. The van der Waals surface area contributed by atoms with Crippen LogP contribution < -0.4 is 19.5 Å². The van der Waals surface area contributed by atoms with Crippen molar-refractivity contribution in [3.05, 3.63) is 53.6 Å². The molecule has 156 valence electrons. The minimum atomic E-state index is -3.41. The van der Waals surface area contributed by atoms with E-state index in [4.69, 9.17) is 9.47 Å². The Balaban J connectivity index is 1.53. The second kappa shape index (κ2) is 9.28. The van der Waals surface area contributed by atoms with Gasteiger partial charge in [-0.25, -0.2) is 13.1 Å². The van der Waals surface area contributed by atoms with Crippen molar-refractivity contribution in [2.75, 3.05) is 18.7 Å². The Kier molecular flexibility index (Phi) is 6.76. The molecule has 0 saturated heterocycles. The summed E-state index contributed by atoms with van der Waals surface area (Å²) in [6, 6.07) is 12.5. The fourth-order valence-corrected chi connectivity index (χ4v) is 4.19. The number of fused-ring (bicyclic) bond motifs is 1. The minimum Gasteiger partial charge on any atom is -0.454 e. The zero-order valence-electron chi connectivity index (χ0n) is 16.6. The van der Waals surface area contributed by atoms with Crippen LogP contribution in [0.1, 0.15) is 31.4 Å². The van der Waals surface area contributed by atoms with Crippen LogP contribution in [-0.4, -0.2) is 27.7 Å². The molecule has 1 aliphatic rings. The highest BCUT2D eigenvalue weighted by Crippen LogP contribution is 2.32. The van der Waals surface area contributed by atoms with Gasteiger partial charge in [0.25, 0.3) is 0 Å². The van der Waals surface area contributed by atoms with Gasteiger partial charge in [-0.2, -0.15) is 0 Å². The Hall–Kier alpha value is -2.58. The van der Waals surface area contributed by atoms with Gasteiger partial charge in [0.05, 0.1) is 5.75 Å². The minimum absolute atomic E-state index is 0.124. The molecule has 2 aromatic rings. The quantitative estimate of drug-likeness (QED) is 0.653. The zero-order chi connectivity index (χ0) is 20.9. The number of sulfonamides is 1. The third-order valence-electron chi connectivity index (χ3n) is 4.36. The van der Waals surface area contributed by atoms with E-state index in [1.807, 2.05) is 32.0 Å². The molecule has 0 aromatic heterocycles. The number of aryl methyl sites for hydroxylation is 1. The van der Waals surface area contributed by atoms with Crippen molar-refractivity contribution in [3.8, 4) is 11.5 Å². The molecular weight excluding hydrogens is 392 g/mol. The topological polar surface area (TPSA) is 93.7 Å². The Labute approximate surface area is 171 Å². The van der Waals surface area contributed by atoms with Crippen LogP contribution in [0.2, 0.25) is 0 Å². The van der Waals surface area contributed by atoms with E-state index in [0.717, 1.165) is 5.56 Å². The fourth-order valence-electron chi connectivity index (χ4n) is 2.88. The van der Waals surface area contributed by atoms with Crippen LogP contribution in [0.3, 0.4) is 0 Å². The average molecular weight is 419 g/mol. The Morgan fingerprint density at radius 2 is 1.86 bits per heavy atom. The van der Waals surface area contributed by atoms with Gasteiger partial charge in [-0.1, -0.05) is 32.0 Å². The van der Waals surface area contributed by atoms with Crippen molar-refractivity contribution in [1.29, 1.82) is 0 Å². The van der Waals surface area contributed by atoms with E-state index in [9.17, 15) is 13.2 Å². The highest BCUT2D eigenvalue weighted by molar-refractivity contribution is 7.88. The van der Waals surface area contributed by atoms with Gasteiger partial charge in [0.15, 0.2) is 11.5 Å². The first-order chi connectivity index (χ1) is 13.8. The number of rotatable bonds is 9. The number of benzene rings is 2. The van der Waals surface area contributed by atoms with E-state index in [2.05, 4.69) is 10.0 Å². The van der Waals surface area contributed by atoms with E-state index >= 15 is 0 Å². The summed E-state index contributed by atoms with van der Waals surface area (Å²) in [5, 5.41) is 2.83. The number of hydrogen-bond donors (Lipinski definition) is 2. The second-order valence-electron chi connectivity index (χ2n) is 7.44. The van der Waals surface area contributed by atoms with Gasteiger partial charge in [0, 0.05) is 18.7 Å². The maximum Gasteiger partial charge on any atom is 0.231 e. The SMILES string of the molecule is CC(C)CNS(=O)(=O)Cc1cccc(NC(=O)CCc2ccc3c(c2)OCO3)c1. The molecule has 8 heteroatoms. The van der Waals surface area contributed by atoms with Crippen LogP contribution in [0, 0.1) is 5.92 Å². The number of amides is 1. The van der Waals surface area contributed by atoms with E-state index in [0.29, 0.717) is 42.1 Å². The number of carbonyl (C=O) groups is 1. The van der Waals surface area contributed by atoms with Gasteiger partial charge in [0.2, 0.25) is 22.7 Å². The molecule has 2 N–H and O–H groups in total. The monoisotopic (exact) mass is 418 g/mol. The number of ether oxygens (including phenoxy) is 2. The molecule has 0 aliphatic carbocycles. The third kappa shape index (κ3) is 6.47. The van der Waals surface area contributed by atoms with Gasteiger partial charge in [-0.3, -0.25) is 4.79 Å². The molecule has 0 radical (unpaired) electrons. The number of carbonyl (C=O) groups excluding carboxylic acids is 1. The van der Waals surface area contributed by atoms with Crippen molar-refractivity contribution < 1.29 is 22.7 Å². The standard InChI is InChI=1S/C21H26N2O5S/c1-15(2)12-22-29(25,26)13-17-4-3-5-18(10-17)23-21(24)9-7-16-6-8-19-20(11-16)28-14-27-19/h3-6,8,10-11,15,22H,7,9,12-14H2,1-2H3,(H,23,24). The molecule has 1 heterocycles. The van der Waals surface area contributed by atoms with E-state index in [1.165, 1.54) is 0 Å². The molecule has 7 nitrogen and oxygen atoms in total. The maximum absolute atomic E-state index is 12.3. The van der Waals surface area contributed by atoms with Gasteiger partial charge < -0.3 is 14.8 Å². The third-order valence-corrected chi connectivity index (χ3v) is 5.68. The molecule has 2 aromatic carbocycles. The second-order valence-corrected chi connectivity index (χ2v) is 9.24. The summed E-state index contributed by atoms with van der Waals surface area (Å²) in [6.07, 6.45) is 0.869. The number of nitrogens with one attached hydrogen (secondary N) is 2. The summed E-state index contributed by atoms with van der Waals surface area (Å²) in [4.78, 5) is 12.3. The summed E-state index contributed by atoms with van der Waals surface area (Å²) in [6.45, 7) is 4.52. The molecule has 0 saturated carbocycles. The zero-order valence-corrected chi connectivity index (χ0v) is 17.4. The Morgan fingerprint density at radius 1 is 1.07 bits per heavy atom. The van der Waals surface area contributed by atoms with E-state index in [1.54, 1.807) is 24.3 Å². The molecular formula is C21H26N2O5S. The molecule has 3 rings (SSSR count). The van der Waals surface area contributed by atoms with Crippen LogP contribution >= 0.6 is 0 Å². The molecule has 0 fully saturated rings. The largest absolute Gasteiger partial charge is 0.454 e. The first-order valence-electron chi connectivity index (χ1n) is 9.55. The smallest absolute Gasteiger partial charge is 0.231 e. The summed E-state index contributed by atoms with van der Waals surface area (Å²) >= 11 is 0. The highest BCUT2D eigenvalue weighted by atomic mass is 32.2. The summed E-state index contributed by atoms with van der Waals surface area (Å²) in [5.74, 6) is 1.39. The van der Waals surface area contributed by atoms with Gasteiger partial charge >= 0.3 is 0 Å². The van der Waals surface area contributed by atoms with Crippen LogP contribution in [0.5, 0.6) is 11.5 Å². The molecule has 0 unspecified atom stereocenters. The van der Waals surface area contributed by atoms with Crippen LogP contribution in [0.4, 0.5) is 5.69 Å². The van der Waals surface area contributed by atoms with Crippen LogP contribution in [-0.2, 0) is 27.0 Å². The van der Waals surface area contributed by atoms with Gasteiger partial charge in [-0.05, 0) is 47.7 Å². The molecule has 0 bridgehead atoms. The highest BCUT2D eigenvalue weighted by Gasteiger charge is 2.15. The lowest BCUT2D eigenvalue weighted by molar-refractivity contribution is -0.116. The van der Waals surface area contributed by atoms with E-state index < -0.39 is 10.0 Å². The Bertz CT molecular complexity index is 973.